The second kappa shape index (κ2) is 9.40. The van der Waals surface area contributed by atoms with Crippen molar-refractivity contribution in [3.8, 4) is 5.75 Å². The van der Waals surface area contributed by atoms with Gasteiger partial charge in [0.2, 0.25) is 0 Å². The normalized spacial score (nSPS) is 15.2. The Balaban J connectivity index is 1.60. The van der Waals surface area contributed by atoms with E-state index in [1.54, 1.807) is 29.1 Å². The maximum atomic E-state index is 13.8. The lowest BCUT2D eigenvalue weighted by Gasteiger charge is -2.12. The van der Waals surface area contributed by atoms with Crippen LogP contribution in [-0.2, 0) is 13.1 Å². The van der Waals surface area contributed by atoms with Gasteiger partial charge in [-0.25, -0.2) is 4.39 Å². The highest BCUT2D eigenvalue weighted by Crippen LogP contribution is 2.45. The molecule has 5 nitrogen and oxygen atoms in total. The largest absolute Gasteiger partial charge is 0.496 e. The second-order valence-corrected chi connectivity index (χ2v) is 10.7. The van der Waals surface area contributed by atoms with Gasteiger partial charge in [0.15, 0.2) is 12.7 Å². The van der Waals surface area contributed by atoms with Crippen LogP contribution in [0.3, 0.4) is 0 Å². The molecule has 9 heteroatoms. The molecule has 1 aliphatic heterocycles. The molecule has 1 aliphatic rings. The van der Waals surface area contributed by atoms with E-state index in [2.05, 4.69) is 16.7 Å². The average Bonchev–Trinajstić information content (AvgIpc) is 3.50. The lowest BCUT2D eigenvalue weighted by Crippen LogP contribution is -2.36. The number of benzene rings is 2. The zero-order valence-electron chi connectivity index (χ0n) is 18.9. The lowest BCUT2D eigenvalue weighted by atomic mass is 10.2. The molecule has 0 aliphatic carbocycles. The Kier molecular flexibility index (Phi) is 6.33. The number of thioether (sulfide) groups is 1. The minimum Gasteiger partial charge on any atom is -0.496 e. The predicted octanol–water partition coefficient (Wildman–Crippen LogP) is 3.61. The molecule has 0 radical (unpaired) electrons. The Morgan fingerprint density at radius 3 is 2.82 bits per heavy atom. The van der Waals surface area contributed by atoms with Crippen LogP contribution in [0.25, 0.3) is 11.1 Å². The Morgan fingerprint density at radius 1 is 1.21 bits per heavy atom. The van der Waals surface area contributed by atoms with Crippen molar-refractivity contribution in [3.63, 3.8) is 0 Å². The summed E-state index contributed by atoms with van der Waals surface area (Å²) in [5.74, 6) is 0.578. The van der Waals surface area contributed by atoms with E-state index in [-0.39, 0.29) is 11.4 Å². The van der Waals surface area contributed by atoms with Crippen molar-refractivity contribution in [1.82, 2.24) is 4.57 Å². The molecular formula is C25H23FN3O2S3+. The number of nitrogens with zero attached hydrogens (tertiary/aromatic N) is 3. The van der Waals surface area contributed by atoms with Gasteiger partial charge in [-0.1, -0.05) is 35.2 Å². The molecule has 0 atom stereocenters. The predicted molar refractivity (Wildman–Crippen MR) is 138 cm³/mol. The topological polar surface area (TPSA) is 38.4 Å². The van der Waals surface area contributed by atoms with Gasteiger partial charge in [0.05, 0.1) is 29.8 Å². The summed E-state index contributed by atoms with van der Waals surface area (Å²) in [7, 11) is 3.60. The molecule has 5 rings (SSSR count). The van der Waals surface area contributed by atoms with Gasteiger partial charge in [0, 0.05) is 18.5 Å². The molecule has 0 N–H and O–H groups in total. The van der Waals surface area contributed by atoms with E-state index in [1.165, 1.54) is 35.2 Å². The fraction of sp³-hybridized carbons (Fsp3) is 0.200. The fourth-order valence-electron chi connectivity index (χ4n) is 3.98. The molecule has 34 heavy (non-hydrogen) atoms. The molecule has 0 spiro atoms. The van der Waals surface area contributed by atoms with E-state index < -0.39 is 0 Å². The van der Waals surface area contributed by atoms with Crippen molar-refractivity contribution in [2.24, 2.45) is 0 Å². The summed E-state index contributed by atoms with van der Waals surface area (Å²) in [5, 5.41) is 3.93. The highest BCUT2D eigenvalue weighted by atomic mass is 32.2. The number of thiazole rings is 2. The summed E-state index contributed by atoms with van der Waals surface area (Å²) in [5.41, 5.74) is 1.98. The van der Waals surface area contributed by atoms with Crippen LogP contribution in [0.5, 0.6) is 5.75 Å². The molecule has 0 saturated carbocycles. The first-order chi connectivity index (χ1) is 16.5. The van der Waals surface area contributed by atoms with Crippen LogP contribution in [0.4, 0.5) is 10.1 Å². The van der Waals surface area contributed by atoms with Crippen LogP contribution in [0.15, 0.2) is 63.7 Å². The zero-order valence-corrected chi connectivity index (χ0v) is 21.4. The monoisotopic (exact) mass is 512 g/mol. The van der Waals surface area contributed by atoms with E-state index in [4.69, 9.17) is 4.74 Å². The van der Waals surface area contributed by atoms with Gasteiger partial charge < -0.3 is 9.64 Å². The van der Waals surface area contributed by atoms with Crippen molar-refractivity contribution in [2.75, 3.05) is 19.1 Å². The fourth-order valence-corrected chi connectivity index (χ4v) is 7.32. The zero-order chi connectivity index (χ0) is 23.8. The molecule has 2 aromatic heterocycles. The van der Waals surface area contributed by atoms with Crippen molar-refractivity contribution < 1.29 is 13.7 Å². The van der Waals surface area contributed by atoms with Crippen LogP contribution in [0, 0.1) is 5.82 Å². The maximum Gasteiger partial charge on any atom is 0.271 e. The number of anilines is 1. The molecule has 0 unspecified atom stereocenters. The molecule has 174 valence electrons. The summed E-state index contributed by atoms with van der Waals surface area (Å²) in [4.78, 5) is 16.2. The number of methoxy groups -OCH3 is 1. The number of hydrogen-bond acceptors (Lipinski definition) is 6. The molecular weight excluding hydrogens is 489 g/mol. The first kappa shape index (κ1) is 22.9. The van der Waals surface area contributed by atoms with E-state index in [0.717, 1.165) is 36.6 Å². The highest BCUT2D eigenvalue weighted by Gasteiger charge is 2.25. The average molecular weight is 513 g/mol. The van der Waals surface area contributed by atoms with Gasteiger partial charge in [-0.3, -0.25) is 9.36 Å². The molecule has 0 bridgehead atoms. The molecule has 0 amide bonds. The summed E-state index contributed by atoms with van der Waals surface area (Å²) < 4.78 is 24.8. The Morgan fingerprint density at radius 2 is 2.03 bits per heavy atom. The smallest absolute Gasteiger partial charge is 0.271 e. The van der Waals surface area contributed by atoms with Gasteiger partial charge in [-0.05, 0) is 37.3 Å². The van der Waals surface area contributed by atoms with Gasteiger partial charge >= 0.3 is 0 Å². The van der Waals surface area contributed by atoms with Crippen LogP contribution in [-0.4, -0.2) is 18.7 Å². The molecule has 4 aromatic rings. The maximum absolute atomic E-state index is 13.8. The van der Waals surface area contributed by atoms with Crippen LogP contribution >= 0.6 is 34.4 Å². The Bertz CT molecular complexity index is 1550. The highest BCUT2D eigenvalue weighted by molar-refractivity contribution is 8.08. The van der Waals surface area contributed by atoms with Crippen molar-refractivity contribution in [1.29, 1.82) is 0 Å². The number of para-hydroxylation sites is 1. The van der Waals surface area contributed by atoms with Crippen molar-refractivity contribution >= 4 is 51.2 Å². The second-order valence-electron chi connectivity index (χ2n) is 7.72. The summed E-state index contributed by atoms with van der Waals surface area (Å²) in [6, 6.07) is 12.7. The van der Waals surface area contributed by atoms with Crippen LogP contribution < -0.4 is 29.0 Å². The number of rotatable bonds is 5. The van der Waals surface area contributed by atoms with E-state index in [9.17, 15) is 9.18 Å². The third-order valence-electron chi connectivity index (χ3n) is 5.71. The van der Waals surface area contributed by atoms with Crippen LogP contribution in [0.2, 0.25) is 0 Å². The Hall–Kier alpha value is -2.88. The number of fused-ring (bicyclic) bond motifs is 1. The number of halogens is 1. The first-order valence-corrected chi connectivity index (χ1v) is 13.3. The standard InChI is InChI=1S/C25H23FN3O2S3/c1-4-29-22(14-21-28(11-12-32-21)15-16-7-5-6-8-19(16)31-3)34-23(24(29)30)25-27(2)18-10-9-17(26)13-20(18)33-25/h5-14H,4,15H2,1-3H3/q+1/b25-23+. The summed E-state index contributed by atoms with van der Waals surface area (Å²) in [6.45, 7) is 3.22. The number of hydrogen-bond donors (Lipinski definition) is 0. The molecule has 0 fully saturated rings. The SMILES string of the molecule is CCn1c(=O)/c(=C2\Sc3cc(F)ccc3N2C)s/c1=C\c1scc[n+]1Cc1ccccc1OC. The van der Waals surface area contributed by atoms with Crippen molar-refractivity contribution in [2.45, 2.75) is 24.9 Å². The number of aromatic nitrogens is 2. The summed E-state index contributed by atoms with van der Waals surface area (Å²) in [6.07, 6.45) is 4.12. The van der Waals surface area contributed by atoms with E-state index in [0.29, 0.717) is 17.6 Å². The lowest BCUT2D eigenvalue weighted by molar-refractivity contribution is -0.685. The third-order valence-corrected chi connectivity index (χ3v) is 9.03. The van der Waals surface area contributed by atoms with Gasteiger partial charge in [-0.2, -0.15) is 4.57 Å². The third kappa shape index (κ3) is 4.08. The van der Waals surface area contributed by atoms with E-state index in [1.807, 2.05) is 48.6 Å². The minimum atomic E-state index is -0.274. The van der Waals surface area contributed by atoms with Gasteiger partial charge in [-0.15, -0.1) is 11.3 Å². The quantitative estimate of drug-likeness (QED) is 0.383. The van der Waals surface area contributed by atoms with E-state index >= 15 is 0 Å². The first-order valence-electron chi connectivity index (χ1n) is 10.8. The molecule has 0 saturated heterocycles. The van der Waals surface area contributed by atoms with Crippen LogP contribution in [0.1, 0.15) is 17.5 Å². The summed E-state index contributed by atoms with van der Waals surface area (Å²) >= 11 is 4.55. The minimum absolute atomic E-state index is 0.0192. The van der Waals surface area contributed by atoms with Gasteiger partial charge in [0.25, 0.3) is 10.6 Å². The van der Waals surface area contributed by atoms with Crippen molar-refractivity contribution in [3.05, 3.63) is 90.0 Å². The molecule has 2 aromatic carbocycles. The Labute approximate surface area is 208 Å². The molecule has 3 heterocycles. The number of ether oxygens (including phenoxy) is 1. The van der Waals surface area contributed by atoms with Gasteiger partial charge in [0.1, 0.15) is 25.8 Å².